The molecule has 1 aliphatic heterocycles. The van der Waals surface area contributed by atoms with Crippen LogP contribution in [0.1, 0.15) is 40.0 Å². The summed E-state index contributed by atoms with van der Waals surface area (Å²) in [6, 6.07) is 2.65. The van der Waals surface area contributed by atoms with Gasteiger partial charge in [-0.2, -0.15) is 5.26 Å². The van der Waals surface area contributed by atoms with E-state index in [4.69, 9.17) is 5.73 Å². The second-order valence-electron chi connectivity index (χ2n) is 4.60. The summed E-state index contributed by atoms with van der Waals surface area (Å²) < 4.78 is 0. The smallest absolute Gasteiger partial charge is 0.159 e. The van der Waals surface area contributed by atoms with Crippen LogP contribution in [-0.2, 0) is 0 Å². The number of likely N-dealkylation sites (tertiary alicyclic amines) is 1. The zero-order valence-corrected chi connectivity index (χ0v) is 11.5. The molecule has 18 heavy (non-hydrogen) atoms. The van der Waals surface area contributed by atoms with Gasteiger partial charge in [-0.1, -0.05) is 13.0 Å². The number of nitrogens with two attached hydrogens (primary N) is 1. The second-order valence-corrected chi connectivity index (χ2v) is 4.60. The van der Waals surface area contributed by atoms with E-state index >= 15 is 0 Å². The minimum Gasteiger partial charge on any atom is -0.398 e. The Balaban J connectivity index is 2.88. The number of allylic oxidation sites excluding steroid dienone is 4. The molecule has 0 radical (unpaired) electrons. The van der Waals surface area contributed by atoms with Gasteiger partial charge in [0.25, 0.3) is 0 Å². The molecule has 1 rings (SSSR count). The highest BCUT2D eigenvalue weighted by Crippen LogP contribution is 2.23. The van der Waals surface area contributed by atoms with E-state index in [-0.39, 0.29) is 0 Å². The molecule has 0 aromatic carbocycles. The summed E-state index contributed by atoms with van der Waals surface area (Å²) in [5, 5.41) is 9.18. The standard InChI is InChI=1S/C14H22N4/c1-4-6-13(16)10-17-14(9-15)12(3)18-8-5-7-11(18)2/h6,10-11H,4-5,7-8,16H2,1-3H3/b13-6-,14-12+,17-10+. The summed E-state index contributed by atoms with van der Waals surface area (Å²) in [4.78, 5) is 6.44. The zero-order valence-electron chi connectivity index (χ0n) is 11.5. The van der Waals surface area contributed by atoms with Crippen LogP contribution in [0.5, 0.6) is 0 Å². The van der Waals surface area contributed by atoms with Gasteiger partial charge in [0.2, 0.25) is 0 Å². The molecule has 0 bridgehead atoms. The lowest BCUT2D eigenvalue weighted by molar-refractivity contribution is 0.338. The Morgan fingerprint density at radius 3 is 2.83 bits per heavy atom. The first-order chi connectivity index (χ1) is 8.60. The first-order valence-electron chi connectivity index (χ1n) is 6.47. The van der Waals surface area contributed by atoms with E-state index in [0.717, 1.165) is 18.7 Å². The highest BCUT2D eigenvalue weighted by Gasteiger charge is 2.22. The van der Waals surface area contributed by atoms with E-state index in [1.54, 1.807) is 6.21 Å². The van der Waals surface area contributed by atoms with Crippen LogP contribution in [-0.4, -0.2) is 23.7 Å². The summed E-state index contributed by atoms with van der Waals surface area (Å²) >= 11 is 0. The van der Waals surface area contributed by atoms with Crippen LogP contribution in [0.4, 0.5) is 0 Å². The third kappa shape index (κ3) is 3.63. The maximum Gasteiger partial charge on any atom is 0.159 e. The van der Waals surface area contributed by atoms with Crippen LogP contribution >= 0.6 is 0 Å². The Morgan fingerprint density at radius 2 is 2.33 bits per heavy atom. The van der Waals surface area contributed by atoms with E-state index in [9.17, 15) is 5.26 Å². The second kappa shape index (κ2) is 6.85. The van der Waals surface area contributed by atoms with Gasteiger partial charge in [-0.05, 0) is 33.1 Å². The van der Waals surface area contributed by atoms with Crippen molar-refractivity contribution in [3.05, 3.63) is 23.2 Å². The van der Waals surface area contributed by atoms with Gasteiger partial charge in [-0.15, -0.1) is 0 Å². The fourth-order valence-electron chi connectivity index (χ4n) is 2.20. The third-order valence-corrected chi connectivity index (χ3v) is 3.21. The van der Waals surface area contributed by atoms with Gasteiger partial charge >= 0.3 is 0 Å². The molecule has 98 valence electrons. The lowest BCUT2D eigenvalue weighted by Gasteiger charge is -2.24. The van der Waals surface area contributed by atoms with Gasteiger partial charge in [0.15, 0.2) is 5.70 Å². The summed E-state index contributed by atoms with van der Waals surface area (Å²) in [6.07, 6.45) is 6.67. The number of hydrogen-bond donors (Lipinski definition) is 1. The third-order valence-electron chi connectivity index (χ3n) is 3.21. The Morgan fingerprint density at radius 1 is 1.61 bits per heavy atom. The maximum absolute atomic E-state index is 9.18. The van der Waals surface area contributed by atoms with Crippen molar-refractivity contribution in [3.8, 4) is 6.07 Å². The molecule has 0 aliphatic carbocycles. The van der Waals surface area contributed by atoms with Crippen LogP contribution < -0.4 is 5.73 Å². The predicted octanol–water partition coefficient (Wildman–Crippen LogP) is 2.55. The van der Waals surface area contributed by atoms with Crippen molar-refractivity contribution < 1.29 is 0 Å². The molecule has 0 amide bonds. The van der Waals surface area contributed by atoms with E-state index < -0.39 is 0 Å². The van der Waals surface area contributed by atoms with Crippen molar-refractivity contribution in [1.82, 2.24) is 4.90 Å². The fraction of sp³-hybridized carbons (Fsp3) is 0.571. The Labute approximate surface area is 109 Å². The summed E-state index contributed by atoms with van der Waals surface area (Å²) in [6.45, 7) is 7.16. The molecule has 4 nitrogen and oxygen atoms in total. The van der Waals surface area contributed by atoms with Crippen molar-refractivity contribution in [2.45, 2.75) is 46.1 Å². The van der Waals surface area contributed by atoms with Crippen LogP contribution in [0.2, 0.25) is 0 Å². The number of nitrogens with zero attached hydrogens (tertiary/aromatic N) is 3. The molecule has 1 atom stereocenters. The van der Waals surface area contributed by atoms with Crippen molar-refractivity contribution in [2.24, 2.45) is 10.7 Å². The molecule has 0 saturated carbocycles. The lowest BCUT2D eigenvalue weighted by Crippen LogP contribution is -2.25. The number of rotatable bonds is 4. The minimum absolute atomic E-state index is 0.455. The van der Waals surface area contributed by atoms with Crippen LogP contribution in [0.3, 0.4) is 0 Å². The number of aliphatic imine (C=N–C) groups is 1. The van der Waals surface area contributed by atoms with E-state index in [0.29, 0.717) is 17.4 Å². The van der Waals surface area contributed by atoms with Crippen LogP contribution in [0.25, 0.3) is 0 Å². The average Bonchev–Trinajstić information content (AvgIpc) is 2.76. The van der Waals surface area contributed by atoms with Crippen molar-refractivity contribution in [3.63, 3.8) is 0 Å². The molecule has 1 heterocycles. The molecule has 1 unspecified atom stereocenters. The normalized spacial score (nSPS) is 22.2. The molecular weight excluding hydrogens is 224 g/mol. The Hall–Kier alpha value is -1.76. The summed E-state index contributed by atoms with van der Waals surface area (Å²) in [5.74, 6) is 0. The van der Waals surface area contributed by atoms with Gasteiger partial charge in [0.1, 0.15) is 6.07 Å². The van der Waals surface area contributed by atoms with Gasteiger partial charge in [-0.25, -0.2) is 4.99 Å². The van der Waals surface area contributed by atoms with Crippen molar-refractivity contribution >= 4 is 6.21 Å². The quantitative estimate of drug-likeness (QED) is 0.612. The minimum atomic E-state index is 0.455. The van der Waals surface area contributed by atoms with Crippen LogP contribution in [0, 0.1) is 11.3 Å². The molecule has 1 fully saturated rings. The molecule has 1 saturated heterocycles. The van der Waals surface area contributed by atoms with Gasteiger partial charge in [0, 0.05) is 24.0 Å². The highest BCUT2D eigenvalue weighted by atomic mass is 15.2. The van der Waals surface area contributed by atoms with E-state index in [1.807, 2.05) is 19.9 Å². The lowest BCUT2D eigenvalue weighted by atomic mass is 10.2. The van der Waals surface area contributed by atoms with Crippen molar-refractivity contribution in [1.29, 1.82) is 5.26 Å². The summed E-state index contributed by atoms with van der Waals surface area (Å²) in [7, 11) is 0. The molecule has 0 aromatic heterocycles. The molecule has 1 aliphatic rings. The molecule has 0 aromatic rings. The largest absolute Gasteiger partial charge is 0.398 e. The molecule has 2 N–H and O–H groups in total. The Kier molecular flexibility index (Phi) is 5.44. The van der Waals surface area contributed by atoms with Gasteiger partial charge < -0.3 is 10.6 Å². The monoisotopic (exact) mass is 246 g/mol. The summed E-state index contributed by atoms with van der Waals surface area (Å²) in [5.41, 5.74) is 7.74. The number of nitriles is 1. The molecule has 4 heteroatoms. The topological polar surface area (TPSA) is 65.4 Å². The van der Waals surface area contributed by atoms with Crippen LogP contribution in [0.15, 0.2) is 28.2 Å². The Bertz CT molecular complexity index is 412. The zero-order chi connectivity index (χ0) is 13.5. The van der Waals surface area contributed by atoms with E-state index in [2.05, 4.69) is 22.9 Å². The number of hydrogen-bond acceptors (Lipinski definition) is 4. The fourth-order valence-corrected chi connectivity index (χ4v) is 2.20. The predicted molar refractivity (Wildman–Crippen MR) is 74.8 cm³/mol. The average molecular weight is 246 g/mol. The van der Waals surface area contributed by atoms with Gasteiger partial charge in [0.05, 0.1) is 6.21 Å². The van der Waals surface area contributed by atoms with Crippen molar-refractivity contribution in [2.75, 3.05) is 6.54 Å². The molecule has 0 spiro atoms. The van der Waals surface area contributed by atoms with E-state index in [1.165, 1.54) is 12.8 Å². The first kappa shape index (κ1) is 14.3. The maximum atomic E-state index is 9.18. The first-order valence-corrected chi connectivity index (χ1v) is 6.47. The SMILES string of the molecule is CC/C=C(N)/C=N/C(C#N)=C(\C)N1CCCC1C. The highest BCUT2D eigenvalue weighted by molar-refractivity contribution is 5.78. The van der Waals surface area contributed by atoms with Gasteiger partial charge in [-0.3, -0.25) is 0 Å². The molecular formula is C14H22N4.